The van der Waals surface area contributed by atoms with E-state index in [1.807, 2.05) is 0 Å². The predicted molar refractivity (Wildman–Crippen MR) is 78.9 cm³/mol. The summed E-state index contributed by atoms with van der Waals surface area (Å²) in [5, 5.41) is 9.95. The van der Waals surface area contributed by atoms with Gasteiger partial charge >= 0.3 is 5.97 Å². The van der Waals surface area contributed by atoms with E-state index in [0.29, 0.717) is 29.3 Å². The zero-order valence-corrected chi connectivity index (χ0v) is 12.8. The van der Waals surface area contributed by atoms with E-state index >= 15 is 0 Å². The smallest absolute Gasteiger partial charge is 0.329 e. The molecule has 0 aromatic heterocycles. The van der Waals surface area contributed by atoms with Crippen molar-refractivity contribution >= 4 is 23.5 Å². The first-order chi connectivity index (χ1) is 9.90. The standard InChI is InChI=1S/C15H18ClNO4/c1-15(14(19)20)7-3-4-8-17(15)13(18)11-6-5-10(16)9-12(11)21-2/h5-6,9H,3-4,7-8H2,1-2H3,(H,19,20). The van der Waals surface area contributed by atoms with Crippen molar-refractivity contribution in [2.24, 2.45) is 0 Å². The van der Waals surface area contributed by atoms with Crippen molar-refractivity contribution in [2.75, 3.05) is 13.7 Å². The topological polar surface area (TPSA) is 66.8 Å². The van der Waals surface area contributed by atoms with Gasteiger partial charge in [-0.05, 0) is 44.4 Å². The third-order valence-electron chi connectivity index (χ3n) is 3.99. The number of aliphatic carboxylic acids is 1. The van der Waals surface area contributed by atoms with Gasteiger partial charge in [0.05, 0.1) is 12.7 Å². The summed E-state index contributed by atoms with van der Waals surface area (Å²) >= 11 is 5.89. The maximum atomic E-state index is 12.8. The molecule has 21 heavy (non-hydrogen) atoms. The van der Waals surface area contributed by atoms with Gasteiger partial charge in [0.15, 0.2) is 0 Å². The number of likely N-dealkylation sites (tertiary alicyclic amines) is 1. The molecule has 1 amide bonds. The monoisotopic (exact) mass is 311 g/mol. The Morgan fingerprint density at radius 3 is 2.71 bits per heavy atom. The molecule has 1 unspecified atom stereocenters. The summed E-state index contributed by atoms with van der Waals surface area (Å²) in [6.07, 6.45) is 2.04. The summed E-state index contributed by atoms with van der Waals surface area (Å²) in [6, 6.07) is 4.72. The number of halogens is 1. The molecule has 0 radical (unpaired) electrons. The predicted octanol–water partition coefficient (Wildman–Crippen LogP) is 2.82. The highest BCUT2D eigenvalue weighted by Crippen LogP contribution is 2.32. The van der Waals surface area contributed by atoms with Crippen LogP contribution < -0.4 is 4.74 Å². The van der Waals surface area contributed by atoms with Crippen LogP contribution in [0.3, 0.4) is 0 Å². The number of ether oxygens (including phenoxy) is 1. The summed E-state index contributed by atoms with van der Waals surface area (Å²) in [6.45, 7) is 2.02. The number of carboxylic acids is 1. The van der Waals surface area contributed by atoms with Crippen LogP contribution in [0.15, 0.2) is 18.2 Å². The minimum absolute atomic E-state index is 0.330. The number of nitrogens with zero attached hydrogens (tertiary/aromatic N) is 1. The molecule has 1 aromatic rings. The summed E-state index contributed by atoms with van der Waals surface area (Å²) in [7, 11) is 1.45. The highest BCUT2D eigenvalue weighted by molar-refractivity contribution is 6.30. The zero-order chi connectivity index (χ0) is 15.6. The Bertz CT molecular complexity index is 575. The number of rotatable bonds is 3. The fourth-order valence-corrected chi connectivity index (χ4v) is 2.82. The summed E-state index contributed by atoms with van der Waals surface area (Å²) in [5.41, 5.74) is -0.851. The maximum Gasteiger partial charge on any atom is 0.329 e. The Balaban J connectivity index is 2.40. The molecular weight excluding hydrogens is 294 g/mol. The van der Waals surface area contributed by atoms with E-state index in [9.17, 15) is 14.7 Å². The van der Waals surface area contributed by atoms with Gasteiger partial charge in [-0.3, -0.25) is 4.79 Å². The van der Waals surface area contributed by atoms with Crippen LogP contribution in [0.25, 0.3) is 0 Å². The number of carboxylic acid groups (broad SMARTS) is 1. The van der Waals surface area contributed by atoms with Crippen molar-refractivity contribution < 1.29 is 19.4 Å². The van der Waals surface area contributed by atoms with Crippen LogP contribution in [0.4, 0.5) is 0 Å². The highest BCUT2D eigenvalue weighted by Gasteiger charge is 2.44. The zero-order valence-electron chi connectivity index (χ0n) is 12.1. The van der Waals surface area contributed by atoms with Crippen molar-refractivity contribution in [3.05, 3.63) is 28.8 Å². The van der Waals surface area contributed by atoms with E-state index in [4.69, 9.17) is 16.3 Å². The molecule has 0 aliphatic carbocycles. The minimum Gasteiger partial charge on any atom is -0.496 e. The van der Waals surface area contributed by atoms with Gasteiger partial charge in [-0.1, -0.05) is 11.6 Å². The largest absolute Gasteiger partial charge is 0.496 e. The van der Waals surface area contributed by atoms with Gasteiger partial charge in [-0.2, -0.15) is 0 Å². The third-order valence-corrected chi connectivity index (χ3v) is 4.23. The Labute approximate surface area is 128 Å². The fraction of sp³-hybridized carbons (Fsp3) is 0.467. The van der Waals surface area contributed by atoms with E-state index < -0.39 is 11.5 Å². The van der Waals surface area contributed by atoms with Crippen LogP contribution in [0, 0.1) is 0 Å². The second-order valence-corrected chi connectivity index (χ2v) is 5.77. The van der Waals surface area contributed by atoms with Crippen LogP contribution >= 0.6 is 11.6 Å². The molecule has 1 aromatic carbocycles. The average molecular weight is 312 g/mol. The van der Waals surface area contributed by atoms with Crippen LogP contribution in [0.1, 0.15) is 36.5 Å². The number of hydrogen-bond donors (Lipinski definition) is 1. The minimum atomic E-state index is -1.18. The lowest BCUT2D eigenvalue weighted by molar-refractivity contribution is -0.150. The lowest BCUT2D eigenvalue weighted by Gasteiger charge is -2.41. The average Bonchev–Trinajstić information content (AvgIpc) is 2.46. The number of hydrogen-bond acceptors (Lipinski definition) is 3. The Hall–Kier alpha value is -1.75. The van der Waals surface area contributed by atoms with Gasteiger partial charge in [0, 0.05) is 11.6 Å². The molecule has 0 bridgehead atoms. The van der Waals surface area contributed by atoms with Crippen LogP contribution in [0.2, 0.25) is 5.02 Å². The first kappa shape index (κ1) is 15.6. The lowest BCUT2D eigenvalue weighted by Crippen LogP contribution is -2.57. The van der Waals surface area contributed by atoms with Crippen LogP contribution in [0.5, 0.6) is 5.75 Å². The second-order valence-electron chi connectivity index (χ2n) is 5.34. The summed E-state index contributed by atoms with van der Waals surface area (Å²) in [5.74, 6) is -0.970. The van der Waals surface area contributed by atoms with Crippen molar-refractivity contribution in [3.63, 3.8) is 0 Å². The SMILES string of the molecule is COc1cc(Cl)ccc1C(=O)N1CCCCC1(C)C(=O)O. The highest BCUT2D eigenvalue weighted by atomic mass is 35.5. The normalized spacial score (nSPS) is 22.0. The van der Waals surface area contributed by atoms with Crippen LogP contribution in [-0.2, 0) is 4.79 Å². The van der Waals surface area contributed by atoms with Crippen molar-refractivity contribution in [3.8, 4) is 5.75 Å². The van der Waals surface area contributed by atoms with E-state index in [1.54, 1.807) is 25.1 Å². The first-order valence-corrected chi connectivity index (χ1v) is 7.17. The van der Waals surface area contributed by atoms with Gasteiger partial charge in [0.1, 0.15) is 11.3 Å². The number of carbonyl (C=O) groups is 2. The van der Waals surface area contributed by atoms with E-state index in [-0.39, 0.29) is 5.91 Å². The quantitative estimate of drug-likeness (QED) is 0.932. The molecule has 1 N–H and O–H groups in total. The molecule has 1 heterocycles. The Kier molecular flexibility index (Phi) is 4.42. The number of benzene rings is 1. The van der Waals surface area contributed by atoms with Crippen molar-refractivity contribution in [1.29, 1.82) is 0 Å². The third kappa shape index (κ3) is 2.83. The fourth-order valence-electron chi connectivity index (χ4n) is 2.66. The first-order valence-electron chi connectivity index (χ1n) is 6.79. The van der Waals surface area contributed by atoms with E-state index in [2.05, 4.69) is 0 Å². The molecule has 114 valence electrons. The van der Waals surface area contributed by atoms with Gasteiger partial charge in [-0.15, -0.1) is 0 Å². The van der Waals surface area contributed by atoms with Crippen molar-refractivity contribution in [1.82, 2.24) is 4.90 Å². The molecule has 1 fully saturated rings. The molecule has 1 aliphatic rings. The molecule has 2 rings (SSSR count). The molecule has 0 spiro atoms. The summed E-state index contributed by atoms with van der Waals surface area (Å²) < 4.78 is 5.19. The molecule has 6 heteroatoms. The molecule has 0 saturated carbocycles. The van der Waals surface area contributed by atoms with Crippen molar-refractivity contribution in [2.45, 2.75) is 31.7 Å². The van der Waals surface area contributed by atoms with Gasteiger partial charge in [-0.25, -0.2) is 4.79 Å². The lowest BCUT2D eigenvalue weighted by atomic mass is 9.87. The maximum absolute atomic E-state index is 12.8. The van der Waals surface area contributed by atoms with Gasteiger partial charge in [0.25, 0.3) is 5.91 Å². The van der Waals surface area contributed by atoms with Crippen LogP contribution in [-0.4, -0.2) is 41.1 Å². The Morgan fingerprint density at radius 1 is 1.38 bits per heavy atom. The molecule has 5 nitrogen and oxygen atoms in total. The molecular formula is C15H18ClNO4. The molecule has 1 atom stereocenters. The number of piperidine rings is 1. The summed E-state index contributed by atoms with van der Waals surface area (Å²) in [4.78, 5) is 25.8. The number of methoxy groups -OCH3 is 1. The van der Waals surface area contributed by atoms with E-state index in [0.717, 1.165) is 12.8 Å². The number of amides is 1. The Morgan fingerprint density at radius 2 is 2.10 bits per heavy atom. The second kappa shape index (κ2) is 5.93. The molecule has 1 saturated heterocycles. The van der Waals surface area contributed by atoms with Gasteiger partial charge < -0.3 is 14.7 Å². The van der Waals surface area contributed by atoms with Gasteiger partial charge in [0.2, 0.25) is 0 Å². The van der Waals surface area contributed by atoms with E-state index in [1.165, 1.54) is 12.0 Å². The number of carbonyl (C=O) groups excluding carboxylic acids is 1. The molecule has 1 aliphatic heterocycles.